The Morgan fingerprint density at radius 3 is 2.49 bits per heavy atom. The lowest BCUT2D eigenvalue weighted by molar-refractivity contribution is -0.133. The summed E-state index contributed by atoms with van der Waals surface area (Å²) >= 11 is 6.30. The number of nitrogens with one attached hydrogen (secondary N) is 2. The smallest absolute Gasteiger partial charge is 0.275 e. The molecule has 1 saturated carbocycles. The van der Waals surface area contributed by atoms with Gasteiger partial charge < -0.3 is 10.2 Å². The fourth-order valence-corrected chi connectivity index (χ4v) is 6.46. The number of hydrogen-bond acceptors (Lipinski definition) is 7. The Kier molecular flexibility index (Phi) is 8.96. The van der Waals surface area contributed by atoms with Crippen LogP contribution in [0.1, 0.15) is 106 Å². The maximum Gasteiger partial charge on any atom is 0.275 e. The number of pyridine rings is 1. The van der Waals surface area contributed by atoms with E-state index in [1.807, 2.05) is 24.3 Å². The van der Waals surface area contributed by atoms with Crippen LogP contribution in [-0.2, 0) is 11.3 Å². The van der Waals surface area contributed by atoms with Gasteiger partial charge in [-0.25, -0.2) is 0 Å². The van der Waals surface area contributed by atoms with Crippen molar-refractivity contribution in [2.24, 2.45) is 22.2 Å². The summed E-state index contributed by atoms with van der Waals surface area (Å²) in [6.45, 7) is 11.4. The summed E-state index contributed by atoms with van der Waals surface area (Å²) in [5, 5.41) is 17.0. The molecule has 0 radical (unpaired) electrons. The maximum atomic E-state index is 14.5. The van der Waals surface area contributed by atoms with Crippen LogP contribution in [0.4, 0.5) is 0 Å². The van der Waals surface area contributed by atoms with E-state index >= 15 is 0 Å². The van der Waals surface area contributed by atoms with Gasteiger partial charge >= 0.3 is 0 Å². The summed E-state index contributed by atoms with van der Waals surface area (Å²) in [5.74, 6) is 1.27. The normalized spacial score (nSPS) is 21.4. The number of carbonyl (C=O) groups excluding carboxylic acids is 2. The summed E-state index contributed by atoms with van der Waals surface area (Å²) in [6, 6.07) is 9.13. The molecular formula is C32H41ClN8O2. The monoisotopic (exact) mass is 604 g/mol. The lowest BCUT2D eigenvalue weighted by Gasteiger charge is -2.46. The number of aromatic nitrogens is 5. The van der Waals surface area contributed by atoms with Gasteiger partial charge in [-0.15, -0.1) is 10.2 Å². The number of nitrogens with zero attached hydrogens (tertiary/aromatic N) is 6. The van der Waals surface area contributed by atoms with E-state index in [-0.39, 0.29) is 29.8 Å². The molecule has 3 aromatic rings. The molecule has 1 fully saturated rings. The molecule has 3 heterocycles. The van der Waals surface area contributed by atoms with Crippen LogP contribution >= 0.6 is 11.6 Å². The predicted molar refractivity (Wildman–Crippen MR) is 165 cm³/mol. The number of benzene rings is 1. The molecule has 1 spiro atoms. The van der Waals surface area contributed by atoms with Gasteiger partial charge in [0.15, 0.2) is 5.82 Å². The Hall–Kier alpha value is -3.66. The van der Waals surface area contributed by atoms with Crippen molar-refractivity contribution in [1.29, 1.82) is 0 Å². The molecule has 1 aliphatic carbocycles. The Balaban J connectivity index is 1.48. The van der Waals surface area contributed by atoms with E-state index in [1.54, 1.807) is 18.5 Å². The van der Waals surface area contributed by atoms with Crippen molar-refractivity contribution in [3.63, 3.8) is 0 Å². The number of amides is 2. The highest BCUT2D eigenvalue weighted by atomic mass is 35.5. The molecule has 43 heavy (non-hydrogen) atoms. The van der Waals surface area contributed by atoms with Crippen molar-refractivity contribution in [2.75, 3.05) is 0 Å². The predicted octanol–water partition coefficient (Wildman–Crippen LogP) is 5.92. The number of tetrazole rings is 1. The summed E-state index contributed by atoms with van der Waals surface area (Å²) in [6.07, 6.45) is 8.56. The number of aliphatic imine (C=N–C) groups is 1. The van der Waals surface area contributed by atoms with Gasteiger partial charge in [0.05, 0.1) is 17.6 Å². The first kappa shape index (κ1) is 30.8. The van der Waals surface area contributed by atoms with Gasteiger partial charge in [-0.3, -0.25) is 19.6 Å². The number of H-pyrrole nitrogens is 1. The third-order valence-electron chi connectivity index (χ3n) is 8.78. The quantitative estimate of drug-likeness (QED) is 0.312. The lowest BCUT2D eigenvalue weighted by atomic mass is 9.75. The minimum atomic E-state index is -0.636. The first-order valence-electron chi connectivity index (χ1n) is 15.1. The van der Waals surface area contributed by atoms with Gasteiger partial charge in [-0.05, 0) is 79.5 Å². The standard InChI is InChI=1S/C32H41ClN8O2/c1-20(2)21-10-14-32(15-11-21)36-28(24-16-25(33)18-34-17-24)30(43)41(32)26(12-13-31(3,4)5)22-6-8-23(9-7-22)29(42)35-19-27-37-39-40-38-27/h6-9,16-18,20-21,26H,10-15,19H2,1-5H3,(H,35,42)(H,37,38,39,40). The number of halogens is 1. The van der Waals surface area contributed by atoms with Crippen LogP contribution in [0.3, 0.4) is 0 Å². The second kappa shape index (κ2) is 12.5. The zero-order valence-electron chi connectivity index (χ0n) is 25.6. The van der Waals surface area contributed by atoms with E-state index in [2.05, 4.69) is 70.4 Å². The molecule has 2 aliphatic rings. The van der Waals surface area contributed by atoms with E-state index in [4.69, 9.17) is 16.6 Å². The molecule has 2 amide bonds. The molecule has 11 heteroatoms. The second-order valence-electron chi connectivity index (χ2n) is 13.3. The van der Waals surface area contributed by atoms with Gasteiger partial charge in [-0.2, -0.15) is 5.21 Å². The molecule has 1 atom stereocenters. The molecule has 2 N–H and O–H groups in total. The third-order valence-corrected chi connectivity index (χ3v) is 8.98. The lowest BCUT2D eigenvalue weighted by Crippen LogP contribution is -2.51. The van der Waals surface area contributed by atoms with Crippen LogP contribution in [0.25, 0.3) is 0 Å². The third kappa shape index (κ3) is 6.95. The second-order valence-corrected chi connectivity index (χ2v) is 13.8. The molecule has 1 unspecified atom stereocenters. The molecular weight excluding hydrogens is 564 g/mol. The van der Waals surface area contributed by atoms with Crippen LogP contribution in [0.5, 0.6) is 0 Å². The summed E-state index contributed by atoms with van der Waals surface area (Å²) in [4.78, 5) is 38.9. The average molecular weight is 605 g/mol. The summed E-state index contributed by atoms with van der Waals surface area (Å²) in [7, 11) is 0. The molecule has 10 nitrogen and oxygen atoms in total. The van der Waals surface area contributed by atoms with Crippen LogP contribution in [-0.4, -0.2) is 53.7 Å². The highest BCUT2D eigenvalue weighted by Gasteiger charge is 2.52. The Morgan fingerprint density at radius 1 is 1.16 bits per heavy atom. The fraction of sp³-hybridized carbons (Fsp3) is 0.531. The SMILES string of the molecule is CC(C)C1CCC2(CC1)N=C(c1cncc(Cl)c1)C(=O)N2C(CCC(C)(C)C)c1ccc(C(=O)NCc2nn[nH]n2)cc1. The van der Waals surface area contributed by atoms with Crippen molar-refractivity contribution in [1.82, 2.24) is 35.8 Å². The minimum absolute atomic E-state index is 0.0685. The number of aromatic amines is 1. The molecule has 0 bridgehead atoms. The van der Waals surface area contributed by atoms with Gasteiger partial charge in [-0.1, -0.05) is 63.6 Å². The Bertz CT molecular complexity index is 1460. The molecule has 228 valence electrons. The molecule has 5 rings (SSSR count). The van der Waals surface area contributed by atoms with Crippen molar-refractivity contribution < 1.29 is 9.59 Å². The van der Waals surface area contributed by atoms with Gasteiger partial charge in [0.1, 0.15) is 11.4 Å². The van der Waals surface area contributed by atoms with E-state index in [0.29, 0.717) is 39.5 Å². The number of carbonyl (C=O) groups is 2. The Morgan fingerprint density at radius 2 is 1.88 bits per heavy atom. The van der Waals surface area contributed by atoms with Crippen molar-refractivity contribution in [3.05, 3.63) is 70.3 Å². The average Bonchev–Trinajstić information content (AvgIpc) is 3.59. The maximum absolute atomic E-state index is 14.5. The Labute approximate surface area is 258 Å². The summed E-state index contributed by atoms with van der Waals surface area (Å²) in [5.41, 5.74) is 2.01. The van der Waals surface area contributed by atoms with Crippen molar-refractivity contribution in [2.45, 2.75) is 91.4 Å². The van der Waals surface area contributed by atoms with E-state index in [9.17, 15) is 9.59 Å². The molecule has 2 aromatic heterocycles. The zero-order valence-corrected chi connectivity index (χ0v) is 26.4. The van der Waals surface area contributed by atoms with Gasteiger partial charge in [0.2, 0.25) is 0 Å². The highest BCUT2D eigenvalue weighted by Crippen LogP contribution is 2.48. The van der Waals surface area contributed by atoms with Crippen LogP contribution in [0, 0.1) is 17.3 Å². The molecule has 1 aromatic carbocycles. The summed E-state index contributed by atoms with van der Waals surface area (Å²) < 4.78 is 0. The van der Waals surface area contributed by atoms with E-state index in [1.165, 1.54) is 0 Å². The first-order valence-corrected chi connectivity index (χ1v) is 15.5. The largest absolute Gasteiger partial charge is 0.345 e. The van der Waals surface area contributed by atoms with E-state index in [0.717, 1.165) is 44.1 Å². The fourth-order valence-electron chi connectivity index (χ4n) is 6.29. The number of hydrogen-bond donors (Lipinski definition) is 2. The topological polar surface area (TPSA) is 129 Å². The highest BCUT2D eigenvalue weighted by molar-refractivity contribution is 6.47. The van der Waals surface area contributed by atoms with Crippen LogP contribution in [0.2, 0.25) is 5.02 Å². The molecule has 1 aliphatic heterocycles. The van der Waals surface area contributed by atoms with Crippen LogP contribution < -0.4 is 5.32 Å². The van der Waals surface area contributed by atoms with Gasteiger partial charge in [0, 0.05) is 23.5 Å². The zero-order chi connectivity index (χ0) is 30.8. The van der Waals surface area contributed by atoms with Gasteiger partial charge in [0.25, 0.3) is 11.8 Å². The van der Waals surface area contributed by atoms with E-state index < -0.39 is 5.66 Å². The minimum Gasteiger partial charge on any atom is -0.345 e. The molecule has 0 saturated heterocycles. The number of rotatable bonds is 9. The van der Waals surface area contributed by atoms with Crippen molar-refractivity contribution in [3.8, 4) is 0 Å². The van der Waals surface area contributed by atoms with Crippen molar-refractivity contribution >= 4 is 29.1 Å². The first-order chi connectivity index (χ1) is 20.5. The van der Waals surface area contributed by atoms with Crippen LogP contribution in [0.15, 0.2) is 47.7 Å².